The van der Waals surface area contributed by atoms with Crippen molar-refractivity contribution in [1.29, 1.82) is 0 Å². The Labute approximate surface area is 79.4 Å². The molecule has 0 bridgehead atoms. The van der Waals surface area contributed by atoms with E-state index < -0.39 is 0 Å². The lowest BCUT2D eigenvalue weighted by Crippen LogP contribution is -1.85. The molecular formula is C10H7N3O. The molecule has 4 nitrogen and oxygen atoms in total. The van der Waals surface area contributed by atoms with Crippen molar-refractivity contribution in [1.82, 2.24) is 14.6 Å². The van der Waals surface area contributed by atoms with Crippen molar-refractivity contribution >= 4 is 16.6 Å². The van der Waals surface area contributed by atoms with Gasteiger partial charge in [0.25, 0.3) is 0 Å². The summed E-state index contributed by atoms with van der Waals surface area (Å²) in [6, 6.07) is 9.01. The maximum Gasteiger partial charge on any atom is 0.161 e. The second-order valence-corrected chi connectivity index (χ2v) is 3.14. The van der Waals surface area contributed by atoms with Crippen molar-refractivity contribution in [2.75, 3.05) is 0 Å². The fraction of sp³-hybridized carbons (Fsp3) is 0. The minimum Gasteiger partial charge on any atom is -0.508 e. The molecule has 0 atom stereocenters. The second-order valence-electron chi connectivity index (χ2n) is 3.14. The van der Waals surface area contributed by atoms with Gasteiger partial charge >= 0.3 is 0 Å². The smallest absolute Gasteiger partial charge is 0.161 e. The molecule has 0 amide bonds. The molecule has 2 aromatic heterocycles. The van der Waals surface area contributed by atoms with E-state index in [1.807, 2.05) is 22.6 Å². The maximum atomic E-state index is 9.31. The van der Waals surface area contributed by atoms with Gasteiger partial charge in [-0.3, -0.25) is 4.40 Å². The van der Waals surface area contributed by atoms with Crippen LogP contribution in [-0.2, 0) is 0 Å². The molecule has 1 aromatic carbocycles. The van der Waals surface area contributed by atoms with Gasteiger partial charge in [-0.05, 0) is 30.3 Å². The van der Waals surface area contributed by atoms with Gasteiger partial charge in [-0.1, -0.05) is 0 Å². The summed E-state index contributed by atoms with van der Waals surface area (Å²) in [5.74, 6) is 0.268. The molecule has 0 unspecified atom stereocenters. The van der Waals surface area contributed by atoms with Crippen molar-refractivity contribution in [2.45, 2.75) is 0 Å². The summed E-state index contributed by atoms with van der Waals surface area (Å²) < 4.78 is 1.88. The summed E-state index contributed by atoms with van der Waals surface area (Å²) in [4.78, 5) is 0. The topological polar surface area (TPSA) is 50.4 Å². The van der Waals surface area contributed by atoms with Crippen LogP contribution >= 0.6 is 0 Å². The number of rotatable bonds is 0. The van der Waals surface area contributed by atoms with E-state index in [1.165, 1.54) is 0 Å². The van der Waals surface area contributed by atoms with Gasteiger partial charge in [0.1, 0.15) is 12.1 Å². The predicted octanol–water partition coefficient (Wildman–Crippen LogP) is 1.59. The average Bonchev–Trinajstić information content (AvgIpc) is 2.65. The number of hydrogen-bond donors (Lipinski definition) is 1. The van der Waals surface area contributed by atoms with E-state index >= 15 is 0 Å². The molecule has 4 heteroatoms. The molecule has 68 valence electrons. The number of pyridine rings is 1. The molecule has 0 aliphatic rings. The number of phenolic OH excluding ortho intramolecular Hbond substituents is 1. The Kier molecular flexibility index (Phi) is 1.28. The zero-order valence-corrected chi connectivity index (χ0v) is 7.25. The van der Waals surface area contributed by atoms with E-state index in [9.17, 15) is 5.11 Å². The summed E-state index contributed by atoms with van der Waals surface area (Å²) in [5, 5.41) is 18.0. The number of aromatic nitrogens is 3. The lowest BCUT2D eigenvalue weighted by atomic mass is 10.2. The highest BCUT2D eigenvalue weighted by molar-refractivity contribution is 5.83. The lowest BCUT2D eigenvalue weighted by molar-refractivity contribution is 0.476. The van der Waals surface area contributed by atoms with Gasteiger partial charge in [-0.2, -0.15) is 0 Å². The van der Waals surface area contributed by atoms with Crippen molar-refractivity contribution < 1.29 is 5.11 Å². The highest BCUT2D eigenvalue weighted by atomic mass is 16.3. The van der Waals surface area contributed by atoms with Gasteiger partial charge in [-0.25, -0.2) is 0 Å². The van der Waals surface area contributed by atoms with E-state index in [4.69, 9.17) is 0 Å². The zero-order chi connectivity index (χ0) is 9.54. The van der Waals surface area contributed by atoms with Gasteiger partial charge < -0.3 is 5.11 Å². The fourth-order valence-corrected chi connectivity index (χ4v) is 1.60. The van der Waals surface area contributed by atoms with Crippen molar-refractivity contribution in [2.24, 2.45) is 0 Å². The van der Waals surface area contributed by atoms with Crippen LogP contribution < -0.4 is 0 Å². The molecule has 0 radical (unpaired) electrons. The molecule has 0 fully saturated rings. The van der Waals surface area contributed by atoms with Crippen LogP contribution in [0.5, 0.6) is 5.75 Å². The first-order valence-corrected chi connectivity index (χ1v) is 4.26. The Morgan fingerprint density at radius 1 is 1.14 bits per heavy atom. The second kappa shape index (κ2) is 2.45. The molecule has 0 aliphatic carbocycles. The molecule has 0 aliphatic heterocycles. The first kappa shape index (κ1) is 7.32. The van der Waals surface area contributed by atoms with E-state index in [0.29, 0.717) is 0 Å². The first-order valence-electron chi connectivity index (χ1n) is 4.26. The van der Waals surface area contributed by atoms with Gasteiger partial charge in [0, 0.05) is 5.39 Å². The summed E-state index contributed by atoms with van der Waals surface area (Å²) in [5.41, 5.74) is 1.80. The van der Waals surface area contributed by atoms with Crippen molar-refractivity contribution in [3.63, 3.8) is 0 Å². The fourth-order valence-electron chi connectivity index (χ4n) is 1.60. The highest BCUT2D eigenvalue weighted by Gasteiger charge is 2.01. The van der Waals surface area contributed by atoms with E-state index in [0.717, 1.165) is 16.6 Å². The van der Waals surface area contributed by atoms with Crippen molar-refractivity contribution in [3.8, 4) is 5.75 Å². The van der Waals surface area contributed by atoms with Gasteiger partial charge in [-0.15, -0.1) is 10.2 Å². The standard InChI is InChI=1S/C10H7N3O/c14-8-2-3-9-7(5-8)1-4-10-12-11-6-13(9)10/h1-6,14H. The quantitative estimate of drug-likeness (QED) is 0.578. The van der Waals surface area contributed by atoms with Gasteiger partial charge in [0.05, 0.1) is 5.52 Å². The summed E-state index contributed by atoms with van der Waals surface area (Å²) in [7, 11) is 0. The van der Waals surface area contributed by atoms with Crippen LogP contribution in [-0.4, -0.2) is 19.7 Å². The summed E-state index contributed by atoms with van der Waals surface area (Å²) in [6.07, 6.45) is 1.66. The Morgan fingerprint density at radius 3 is 3.00 bits per heavy atom. The van der Waals surface area contributed by atoms with Crippen molar-refractivity contribution in [3.05, 3.63) is 36.7 Å². The Balaban J connectivity index is 2.57. The summed E-state index contributed by atoms with van der Waals surface area (Å²) in [6.45, 7) is 0. The minimum atomic E-state index is 0.268. The number of nitrogens with zero attached hydrogens (tertiary/aromatic N) is 3. The number of aromatic hydroxyl groups is 1. The van der Waals surface area contributed by atoms with E-state index in [2.05, 4.69) is 10.2 Å². The van der Waals surface area contributed by atoms with Crippen LogP contribution in [0.2, 0.25) is 0 Å². The molecular weight excluding hydrogens is 178 g/mol. The Hall–Kier alpha value is -2.10. The Morgan fingerprint density at radius 2 is 2.07 bits per heavy atom. The van der Waals surface area contributed by atoms with E-state index in [1.54, 1.807) is 18.5 Å². The largest absolute Gasteiger partial charge is 0.508 e. The molecule has 3 aromatic rings. The zero-order valence-electron chi connectivity index (χ0n) is 7.25. The SMILES string of the molecule is Oc1ccc2c(ccc3nncn32)c1. The third kappa shape index (κ3) is 0.877. The lowest BCUT2D eigenvalue weighted by Gasteiger charge is -2.00. The van der Waals surface area contributed by atoms with Crippen LogP contribution in [0.1, 0.15) is 0 Å². The molecule has 0 saturated carbocycles. The van der Waals surface area contributed by atoms with Crippen LogP contribution in [0.15, 0.2) is 36.7 Å². The number of fused-ring (bicyclic) bond motifs is 3. The van der Waals surface area contributed by atoms with Crippen LogP contribution in [0.4, 0.5) is 0 Å². The molecule has 2 heterocycles. The van der Waals surface area contributed by atoms with Crippen LogP contribution in [0.3, 0.4) is 0 Å². The highest BCUT2D eigenvalue weighted by Crippen LogP contribution is 2.20. The number of phenols is 1. The van der Waals surface area contributed by atoms with Gasteiger partial charge in [0.15, 0.2) is 5.65 Å². The normalized spacial score (nSPS) is 11.1. The minimum absolute atomic E-state index is 0.268. The monoisotopic (exact) mass is 185 g/mol. The third-order valence-electron chi connectivity index (χ3n) is 2.26. The summed E-state index contributed by atoms with van der Waals surface area (Å²) >= 11 is 0. The molecule has 14 heavy (non-hydrogen) atoms. The number of hydrogen-bond acceptors (Lipinski definition) is 3. The third-order valence-corrected chi connectivity index (χ3v) is 2.26. The predicted molar refractivity (Wildman–Crippen MR) is 52.2 cm³/mol. The first-order chi connectivity index (χ1) is 6.84. The van der Waals surface area contributed by atoms with Crippen LogP contribution in [0, 0.1) is 0 Å². The van der Waals surface area contributed by atoms with Gasteiger partial charge in [0.2, 0.25) is 0 Å². The van der Waals surface area contributed by atoms with Crippen LogP contribution in [0.25, 0.3) is 16.6 Å². The average molecular weight is 185 g/mol. The number of benzene rings is 1. The molecule has 0 spiro atoms. The molecule has 1 N–H and O–H groups in total. The molecule has 3 rings (SSSR count). The molecule has 0 saturated heterocycles. The van der Waals surface area contributed by atoms with E-state index in [-0.39, 0.29) is 5.75 Å². The Bertz CT molecular complexity index is 615. The maximum absolute atomic E-state index is 9.31.